The van der Waals surface area contributed by atoms with Gasteiger partial charge in [-0.1, -0.05) is 60.7 Å². The Hall–Kier alpha value is -1.46. The van der Waals surface area contributed by atoms with E-state index in [1.165, 1.54) is 60.7 Å². The van der Waals surface area contributed by atoms with Crippen LogP contribution < -0.4 is 118 Å². The maximum atomic E-state index is 12.3. The van der Waals surface area contributed by atoms with E-state index in [4.69, 9.17) is 0 Å². The molecule has 0 fully saturated rings. The summed E-state index contributed by atoms with van der Waals surface area (Å²) in [6, 6.07) is 17.1. The molecule has 0 N–H and O–H groups in total. The number of nitrogens with zero attached hydrogens (tertiary/aromatic N) is 6. The standard InChI is InChI=1S/C30H22N6O12S4.4Na/c37-49(38,39)27-7-3-1-5-23(27)25-17-31-35(33-25)21-13-11-19(29(15-21)51(43,44)45)9-10-20-12-14-22(16-30(20)52(46,47)48)36-32-18-26(34-36)24-6-2-4-8-28(24)50(40,41)42;;;;/h1-18H,(H,37,38,39)(H,40,41,42)(H,43,44,45)(H,46,47,48);;;;/q;4*+1/p-4/b10-9+;;;;. The molecule has 56 heavy (non-hydrogen) atoms. The minimum atomic E-state index is -5.20. The van der Waals surface area contributed by atoms with E-state index in [0.29, 0.717) is 0 Å². The predicted molar refractivity (Wildman–Crippen MR) is 174 cm³/mol. The van der Waals surface area contributed by atoms with Gasteiger partial charge >= 0.3 is 118 Å². The van der Waals surface area contributed by atoms with Crippen molar-refractivity contribution in [3.63, 3.8) is 0 Å². The Labute approximate surface area is 409 Å². The average molecular weight is 875 g/mol. The van der Waals surface area contributed by atoms with E-state index in [2.05, 4.69) is 20.4 Å². The fraction of sp³-hybridized carbons (Fsp3) is 0. The number of benzene rings is 4. The van der Waals surface area contributed by atoms with E-state index in [1.54, 1.807) is 0 Å². The zero-order valence-corrected chi connectivity index (χ0v) is 40.9. The van der Waals surface area contributed by atoms with E-state index in [-0.39, 0.29) is 163 Å². The van der Waals surface area contributed by atoms with Gasteiger partial charge in [0.15, 0.2) is 0 Å². The largest absolute Gasteiger partial charge is 1.00 e. The number of rotatable bonds is 10. The minimum absolute atomic E-state index is 0. The molecule has 268 valence electrons. The molecule has 0 aliphatic rings. The van der Waals surface area contributed by atoms with Crippen LogP contribution in [0, 0.1) is 0 Å². The van der Waals surface area contributed by atoms with Crippen molar-refractivity contribution in [3.8, 4) is 33.9 Å². The van der Waals surface area contributed by atoms with Crippen molar-refractivity contribution in [2.24, 2.45) is 0 Å². The van der Waals surface area contributed by atoms with Crippen LogP contribution in [0.2, 0.25) is 0 Å². The van der Waals surface area contributed by atoms with Crippen LogP contribution in [0.3, 0.4) is 0 Å². The van der Waals surface area contributed by atoms with Crippen LogP contribution >= 0.6 is 0 Å². The van der Waals surface area contributed by atoms with Gasteiger partial charge in [-0.15, -0.1) is 10.2 Å². The summed E-state index contributed by atoms with van der Waals surface area (Å²) < 4.78 is 144. The summed E-state index contributed by atoms with van der Waals surface area (Å²) in [5.74, 6) is 0. The Morgan fingerprint density at radius 1 is 0.446 bits per heavy atom. The smallest absolute Gasteiger partial charge is 0.744 e. The maximum Gasteiger partial charge on any atom is 1.00 e. The van der Waals surface area contributed by atoms with Gasteiger partial charge in [-0.2, -0.15) is 19.8 Å². The first-order valence-electron chi connectivity index (χ1n) is 14.1. The second kappa shape index (κ2) is 19.7. The van der Waals surface area contributed by atoms with Crippen LogP contribution in [0.4, 0.5) is 0 Å². The van der Waals surface area contributed by atoms with Gasteiger partial charge < -0.3 is 18.2 Å². The zero-order valence-electron chi connectivity index (χ0n) is 29.6. The molecule has 0 atom stereocenters. The van der Waals surface area contributed by atoms with E-state index in [0.717, 1.165) is 58.4 Å². The number of aromatic nitrogens is 6. The fourth-order valence-electron chi connectivity index (χ4n) is 5.00. The Morgan fingerprint density at radius 3 is 1.09 bits per heavy atom. The molecular formula is C30H18N6Na4O12S4. The van der Waals surface area contributed by atoms with Gasteiger partial charge in [0, 0.05) is 11.1 Å². The van der Waals surface area contributed by atoms with Crippen LogP contribution in [0.25, 0.3) is 46.0 Å². The Bertz CT molecular complexity index is 2690. The molecule has 26 heteroatoms. The summed E-state index contributed by atoms with van der Waals surface area (Å²) in [5, 5.41) is 16.2. The van der Waals surface area contributed by atoms with Crippen molar-refractivity contribution in [2.75, 3.05) is 0 Å². The van der Waals surface area contributed by atoms with Crippen molar-refractivity contribution in [1.29, 1.82) is 0 Å². The van der Waals surface area contributed by atoms with Gasteiger partial charge in [0.25, 0.3) is 0 Å². The van der Waals surface area contributed by atoms with E-state index >= 15 is 0 Å². The first-order chi connectivity index (χ1) is 24.3. The molecule has 0 radical (unpaired) electrons. The van der Waals surface area contributed by atoms with E-state index < -0.39 is 60.1 Å². The molecule has 0 aliphatic heterocycles. The molecule has 4 aromatic carbocycles. The molecule has 0 saturated carbocycles. The molecule has 6 rings (SSSR count). The van der Waals surface area contributed by atoms with E-state index in [1.807, 2.05) is 0 Å². The molecular weight excluding hydrogens is 857 g/mol. The Balaban J connectivity index is 0.00000271. The van der Waals surface area contributed by atoms with Crippen molar-refractivity contribution in [1.82, 2.24) is 30.0 Å². The van der Waals surface area contributed by atoms with Gasteiger partial charge in [-0.05, 0) is 47.5 Å². The maximum absolute atomic E-state index is 12.3. The molecule has 0 amide bonds. The molecule has 2 aromatic heterocycles. The first kappa shape index (κ1) is 50.7. The van der Waals surface area contributed by atoms with Gasteiger partial charge in [0.2, 0.25) is 0 Å². The van der Waals surface area contributed by atoms with Crippen molar-refractivity contribution < 1.29 is 170 Å². The van der Waals surface area contributed by atoms with Crippen LogP contribution in [-0.2, 0) is 40.5 Å². The van der Waals surface area contributed by atoms with Crippen molar-refractivity contribution >= 4 is 52.6 Å². The normalized spacial score (nSPS) is 11.9. The second-order valence-electron chi connectivity index (χ2n) is 10.6. The Kier molecular flexibility index (Phi) is 17.9. The zero-order chi connectivity index (χ0) is 37.6. The molecule has 18 nitrogen and oxygen atoms in total. The summed E-state index contributed by atoms with van der Waals surface area (Å²) in [4.78, 5) is -0.941. The molecule has 6 aromatic rings. The van der Waals surface area contributed by atoms with Gasteiger partial charge in [-0.3, -0.25) is 0 Å². The second-order valence-corrected chi connectivity index (χ2v) is 16.0. The summed E-state index contributed by atoms with van der Waals surface area (Å²) in [5.41, 5.74) is -0.819. The fourth-order valence-corrected chi connectivity index (χ4v) is 7.75. The molecule has 2 heterocycles. The SMILES string of the molecule is O=S(=O)([O-])c1cc(-n2ncc(-c3ccccc3S(=O)(=O)[O-])n2)ccc1/C=C/c1ccc(-n2ncc(-c3ccccc3S(=O)(=O)[O-])n2)cc1S(=O)(=O)[O-].[Na+].[Na+].[Na+].[Na+]. The van der Waals surface area contributed by atoms with Crippen LogP contribution in [0.1, 0.15) is 11.1 Å². The first-order valence-corrected chi connectivity index (χ1v) is 19.8. The van der Waals surface area contributed by atoms with Crippen molar-refractivity contribution in [3.05, 3.63) is 108 Å². The van der Waals surface area contributed by atoms with Crippen LogP contribution in [0.5, 0.6) is 0 Å². The monoisotopic (exact) mass is 874 g/mol. The van der Waals surface area contributed by atoms with Gasteiger partial charge in [0.05, 0.1) is 43.4 Å². The molecule has 0 bridgehead atoms. The third-order valence-corrected chi connectivity index (χ3v) is 10.9. The molecule has 0 aliphatic carbocycles. The quantitative estimate of drug-likeness (QED) is 0.0701. The summed E-state index contributed by atoms with van der Waals surface area (Å²) in [6.07, 6.45) is 4.38. The minimum Gasteiger partial charge on any atom is -0.744 e. The number of hydrogen-bond acceptors (Lipinski definition) is 16. The van der Waals surface area contributed by atoms with Gasteiger partial charge in [-0.25, -0.2) is 33.7 Å². The third kappa shape index (κ3) is 11.6. The molecule has 0 spiro atoms. The van der Waals surface area contributed by atoms with Crippen molar-refractivity contribution in [2.45, 2.75) is 19.6 Å². The molecule has 0 saturated heterocycles. The summed E-state index contributed by atoms with van der Waals surface area (Å²) in [6.45, 7) is 0. The summed E-state index contributed by atoms with van der Waals surface area (Å²) in [7, 11) is -20.2. The third-order valence-electron chi connectivity index (χ3n) is 7.29. The number of hydrogen-bond donors (Lipinski definition) is 0. The molecule has 0 unspecified atom stereocenters. The topological polar surface area (TPSA) is 290 Å². The van der Waals surface area contributed by atoms with Crippen LogP contribution in [0.15, 0.2) is 117 Å². The van der Waals surface area contributed by atoms with Crippen LogP contribution in [-0.4, -0.2) is 81.9 Å². The summed E-state index contributed by atoms with van der Waals surface area (Å²) >= 11 is 0. The predicted octanol–water partition coefficient (Wildman–Crippen LogP) is -10.0. The van der Waals surface area contributed by atoms with E-state index in [9.17, 15) is 51.9 Å². The van der Waals surface area contributed by atoms with Gasteiger partial charge in [0.1, 0.15) is 51.9 Å². The average Bonchev–Trinajstić information content (AvgIpc) is 3.77. The Morgan fingerprint density at radius 2 is 0.768 bits per heavy atom.